The smallest absolute Gasteiger partial charge is 0.150 e. The Kier molecular flexibility index (Phi) is 3.53. The monoisotopic (exact) mass is 268 g/mol. The number of anilines is 1. The number of halogens is 1. The lowest BCUT2D eigenvalue weighted by atomic mass is 10.1. The van der Waals surface area contributed by atoms with Gasteiger partial charge in [-0.25, -0.2) is 12.8 Å². The van der Waals surface area contributed by atoms with E-state index in [-0.39, 0.29) is 23.0 Å². The second-order valence-electron chi connectivity index (χ2n) is 4.46. The Hall–Kier alpha value is -1.61. The van der Waals surface area contributed by atoms with Crippen LogP contribution < -0.4 is 5.32 Å². The third-order valence-corrected chi connectivity index (χ3v) is 4.84. The second-order valence-corrected chi connectivity index (χ2v) is 6.69. The molecular weight excluding hydrogens is 255 g/mol. The van der Waals surface area contributed by atoms with Gasteiger partial charge in [0.1, 0.15) is 5.82 Å². The summed E-state index contributed by atoms with van der Waals surface area (Å²) in [5, 5.41) is 11.5. The summed E-state index contributed by atoms with van der Waals surface area (Å²) in [6.45, 7) is 0.433. The van der Waals surface area contributed by atoms with E-state index in [9.17, 15) is 12.8 Å². The molecule has 0 saturated carbocycles. The van der Waals surface area contributed by atoms with Crippen LogP contribution in [0.4, 0.5) is 10.1 Å². The van der Waals surface area contributed by atoms with Crippen molar-refractivity contribution in [1.29, 1.82) is 5.26 Å². The minimum atomic E-state index is -2.90. The SMILES string of the molecule is N#Cc1ccc(NCC2CCS(=O)(=O)C2)c(F)c1. The third-order valence-electron chi connectivity index (χ3n) is 3.01. The minimum absolute atomic E-state index is 0.0324. The van der Waals surface area contributed by atoms with E-state index < -0.39 is 15.7 Å². The highest BCUT2D eigenvalue weighted by atomic mass is 32.2. The van der Waals surface area contributed by atoms with Crippen molar-refractivity contribution in [3.05, 3.63) is 29.6 Å². The van der Waals surface area contributed by atoms with E-state index in [4.69, 9.17) is 5.26 Å². The summed E-state index contributed by atoms with van der Waals surface area (Å²) in [5.41, 5.74) is 0.569. The van der Waals surface area contributed by atoms with Gasteiger partial charge < -0.3 is 5.32 Å². The summed E-state index contributed by atoms with van der Waals surface area (Å²) in [4.78, 5) is 0. The zero-order chi connectivity index (χ0) is 13.2. The summed E-state index contributed by atoms with van der Waals surface area (Å²) in [7, 11) is -2.90. The molecule has 0 aliphatic carbocycles. The summed E-state index contributed by atoms with van der Waals surface area (Å²) in [6, 6.07) is 6.04. The van der Waals surface area contributed by atoms with Gasteiger partial charge >= 0.3 is 0 Å². The number of nitrogens with one attached hydrogen (secondary N) is 1. The molecule has 1 N–H and O–H groups in total. The molecule has 1 aromatic carbocycles. The number of nitrogens with zero attached hydrogens (tertiary/aromatic N) is 1. The molecule has 1 unspecified atom stereocenters. The zero-order valence-corrected chi connectivity index (χ0v) is 10.5. The molecule has 2 rings (SSSR count). The van der Waals surface area contributed by atoms with E-state index in [0.29, 0.717) is 18.7 Å². The third kappa shape index (κ3) is 2.99. The predicted octanol–water partition coefficient (Wildman–Crippen LogP) is 1.54. The van der Waals surface area contributed by atoms with Gasteiger partial charge in [0.25, 0.3) is 0 Å². The first-order valence-electron chi connectivity index (χ1n) is 5.64. The first kappa shape index (κ1) is 12.8. The fraction of sp³-hybridized carbons (Fsp3) is 0.417. The predicted molar refractivity (Wildman–Crippen MR) is 66.4 cm³/mol. The molecule has 18 heavy (non-hydrogen) atoms. The van der Waals surface area contributed by atoms with Crippen molar-refractivity contribution in [2.45, 2.75) is 6.42 Å². The van der Waals surface area contributed by atoms with Crippen LogP contribution in [-0.2, 0) is 9.84 Å². The Morgan fingerprint density at radius 3 is 2.83 bits per heavy atom. The van der Waals surface area contributed by atoms with Crippen molar-refractivity contribution >= 4 is 15.5 Å². The molecule has 4 nitrogen and oxygen atoms in total. The molecule has 1 atom stereocenters. The zero-order valence-electron chi connectivity index (χ0n) is 9.69. The lowest BCUT2D eigenvalue weighted by Crippen LogP contribution is -2.16. The second kappa shape index (κ2) is 4.94. The molecule has 96 valence electrons. The lowest BCUT2D eigenvalue weighted by Gasteiger charge is -2.11. The molecular formula is C12H13FN2O2S. The molecule has 0 amide bonds. The Morgan fingerprint density at radius 1 is 1.50 bits per heavy atom. The molecule has 0 aromatic heterocycles. The van der Waals surface area contributed by atoms with Crippen molar-refractivity contribution in [1.82, 2.24) is 0 Å². The largest absolute Gasteiger partial charge is 0.382 e. The quantitative estimate of drug-likeness (QED) is 0.902. The van der Waals surface area contributed by atoms with E-state index in [0.717, 1.165) is 6.07 Å². The van der Waals surface area contributed by atoms with E-state index in [2.05, 4.69) is 5.32 Å². The highest BCUT2D eigenvalue weighted by Gasteiger charge is 2.27. The normalized spacial score (nSPS) is 21.4. The van der Waals surface area contributed by atoms with Gasteiger partial charge in [0, 0.05) is 6.54 Å². The van der Waals surface area contributed by atoms with Crippen LogP contribution in [0.1, 0.15) is 12.0 Å². The Morgan fingerprint density at radius 2 is 2.28 bits per heavy atom. The van der Waals surface area contributed by atoms with Crippen LogP contribution in [0.5, 0.6) is 0 Å². The summed E-state index contributed by atoms with van der Waals surface area (Å²) in [6.07, 6.45) is 0.618. The van der Waals surface area contributed by atoms with Gasteiger partial charge in [-0.05, 0) is 30.5 Å². The van der Waals surface area contributed by atoms with E-state index in [1.165, 1.54) is 12.1 Å². The molecule has 1 aromatic rings. The van der Waals surface area contributed by atoms with Crippen molar-refractivity contribution in [3.63, 3.8) is 0 Å². The Bertz CT molecular complexity index is 593. The number of nitriles is 1. The van der Waals surface area contributed by atoms with Gasteiger partial charge in [0.15, 0.2) is 9.84 Å². The number of hydrogen-bond acceptors (Lipinski definition) is 4. The molecule has 0 spiro atoms. The van der Waals surface area contributed by atoms with Crippen molar-refractivity contribution in [2.75, 3.05) is 23.4 Å². The minimum Gasteiger partial charge on any atom is -0.382 e. The molecule has 1 heterocycles. The number of hydrogen-bond donors (Lipinski definition) is 1. The van der Waals surface area contributed by atoms with Crippen LogP contribution in [0, 0.1) is 23.1 Å². The van der Waals surface area contributed by atoms with Crippen molar-refractivity contribution in [2.24, 2.45) is 5.92 Å². The highest BCUT2D eigenvalue weighted by molar-refractivity contribution is 7.91. The first-order valence-corrected chi connectivity index (χ1v) is 7.46. The molecule has 1 aliphatic rings. The molecule has 1 fully saturated rings. The van der Waals surface area contributed by atoms with Crippen LogP contribution in [0.2, 0.25) is 0 Å². The van der Waals surface area contributed by atoms with Gasteiger partial charge in [-0.2, -0.15) is 5.26 Å². The molecule has 6 heteroatoms. The summed E-state index contributed by atoms with van der Waals surface area (Å²) >= 11 is 0. The molecule has 0 bridgehead atoms. The molecule has 1 aliphatic heterocycles. The van der Waals surface area contributed by atoms with Crippen LogP contribution in [0.15, 0.2) is 18.2 Å². The number of benzene rings is 1. The maximum atomic E-state index is 13.5. The molecule has 0 radical (unpaired) electrons. The van der Waals surface area contributed by atoms with Crippen LogP contribution in [0.25, 0.3) is 0 Å². The molecule has 1 saturated heterocycles. The van der Waals surface area contributed by atoms with Gasteiger partial charge in [0.05, 0.1) is 28.8 Å². The van der Waals surface area contributed by atoms with Crippen LogP contribution >= 0.6 is 0 Å². The van der Waals surface area contributed by atoms with Crippen LogP contribution in [0.3, 0.4) is 0 Å². The number of sulfone groups is 1. The fourth-order valence-electron chi connectivity index (χ4n) is 2.02. The van der Waals surface area contributed by atoms with Gasteiger partial charge in [-0.1, -0.05) is 0 Å². The highest BCUT2D eigenvalue weighted by Crippen LogP contribution is 2.21. The van der Waals surface area contributed by atoms with Crippen molar-refractivity contribution in [3.8, 4) is 6.07 Å². The topological polar surface area (TPSA) is 70.0 Å². The van der Waals surface area contributed by atoms with Gasteiger partial charge in [0.2, 0.25) is 0 Å². The van der Waals surface area contributed by atoms with Crippen molar-refractivity contribution < 1.29 is 12.8 Å². The van der Waals surface area contributed by atoms with Gasteiger partial charge in [-0.15, -0.1) is 0 Å². The Labute approximate surface area is 105 Å². The van der Waals surface area contributed by atoms with E-state index in [1.54, 1.807) is 0 Å². The lowest BCUT2D eigenvalue weighted by molar-refractivity contribution is 0.594. The summed E-state index contributed by atoms with van der Waals surface area (Å²) < 4.78 is 36.1. The van der Waals surface area contributed by atoms with Gasteiger partial charge in [-0.3, -0.25) is 0 Å². The van der Waals surface area contributed by atoms with Crippen LogP contribution in [-0.4, -0.2) is 26.5 Å². The maximum Gasteiger partial charge on any atom is 0.150 e. The van der Waals surface area contributed by atoms with E-state index >= 15 is 0 Å². The average molecular weight is 268 g/mol. The Balaban J connectivity index is 1.97. The fourth-order valence-corrected chi connectivity index (χ4v) is 3.88. The summed E-state index contributed by atoms with van der Waals surface area (Å²) in [5.74, 6) is -0.0763. The standard InChI is InChI=1S/C12H13FN2O2S/c13-11-5-9(6-14)1-2-12(11)15-7-10-3-4-18(16,17)8-10/h1-2,5,10,15H,3-4,7-8H2. The average Bonchev–Trinajstić information content (AvgIpc) is 2.67. The number of rotatable bonds is 3. The van der Waals surface area contributed by atoms with E-state index in [1.807, 2.05) is 6.07 Å². The first-order chi connectivity index (χ1) is 8.50. The maximum absolute atomic E-state index is 13.5.